The van der Waals surface area contributed by atoms with Crippen LogP contribution in [0.1, 0.15) is 22.3 Å². The Bertz CT molecular complexity index is 1240. The molecule has 0 bridgehead atoms. The van der Waals surface area contributed by atoms with Gasteiger partial charge in [0.05, 0.1) is 18.1 Å². The summed E-state index contributed by atoms with van der Waals surface area (Å²) in [5.74, 6) is 0.328. The molecule has 0 unspecified atom stereocenters. The van der Waals surface area contributed by atoms with Crippen LogP contribution in [0.25, 0.3) is 0 Å². The number of carbonyl (C=O) groups is 1. The Balaban J connectivity index is 1.44. The lowest BCUT2D eigenvalue weighted by Gasteiger charge is -2.18. The minimum atomic E-state index is -3.86. The van der Waals surface area contributed by atoms with E-state index in [4.69, 9.17) is 9.47 Å². The summed E-state index contributed by atoms with van der Waals surface area (Å²) in [4.78, 5) is 14.2. The van der Waals surface area contributed by atoms with E-state index in [9.17, 15) is 17.6 Å². The van der Waals surface area contributed by atoms with Crippen molar-refractivity contribution in [2.75, 3.05) is 25.0 Å². The second-order valence-electron chi connectivity index (χ2n) is 7.63. The number of ether oxygens (including phenoxy) is 2. The lowest BCUT2D eigenvalue weighted by Crippen LogP contribution is -2.26. The molecule has 7 nitrogen and oxygen atoms in total. The summed E-state index contributed by atoms with van der Waals surface area (Å²) in [5.41, 5.74) is 1.52. The molecule has 172 valence electrons. The molecule has 0 fully saturated rings. The second kappa shape index (κ2) is 9.50. The summed E-state index contributed by atoms with van der Waals surface area (Å²) >= 11 is 0. The largest absolute Gasteiger partial charge is 0.490 e. The van der Waals surface area contributed by atoms with Gasteiger partial charge in [0.15, 0.2) is 11.5 Å². The molecule has 0 spiro atoms. The number of hydrogen-bond donors (Lipinski definition) is 1. The van der Waals surface area contributed by atoms with Crippen molar-refractivity contribution in [2.24, 2.45) is 0 Å². The molecule has 0 aromatic heterocycles. The highest BCUT2D eigenvalue weighted by Crippen LogP contribution is 2.32. The summed E-state index contributed by atoms with van der Waals surface area (Å²) in [6.45, 7) is 1.29. The van der Waals surface area contributed by atoms with Gasteiger partial charge in [0.1, 0.15) is 5.82 Å². The number of rotatable bonds is 6. The maximum absolute atomic E-state index is 13.1. The standard InChI is InChI=1S/C24H23FN2O5S/c1-27(16-17-3-7-19(25)8-4-17)24(28)18-5-9-20(10-6-18)26-33(29,30)21-11-12-22-23(15-21)32-14-2-13-31-22/h3-12,15,26H,2,13-14,16H2,1H3. The van der Waals surface area contributed by atoms with E-state index in [1.807, 2.05) is 0 Å². The van der Waals surface area contributed by atoms with Crippen LogP contribution in [-0.2, 0) is 16.6 Å². The first-order chi connectivity index (χ1) is 15.8. The van der Waals surface area contributed by atoms with Crippen molar-refractivity contribution in [3.63, 3.8) is 0 Å². The number of anilines is 1. The highest BCUT2D eigenvalue weighted by atomic mass is 32.2. The van der Waals surface area contributed by atoms with Crippen molar-refractivity contribution in [3.8, 4) is 11.5 Å². The average Bonchev–Trinajstić information content (AvgIpc) is 3.05. The molecular weight excluding hydrogens is 447 g/mol. The molecule has 1 aliphatic heterocycles. The van der Waals surface area contributed by atoms with Gasteiger partial charge in [-0.25, -0.2) is 12.8 Å². The second-order valence-corrected chi connectivity index (χ2v) is 9.31. The number of benzene rings is 3. The zero-order valence-corrected chi connectivity index (χ0v) is 18.8. The molecular formula is C24H23FN2O5S. The van der Waals surface area contributed by atoms with E-state index >= 15 is 0 Å². The number of hydrogen-bond acceptors (Lipinski definition) is 5. The maximum atomic E-state index is 13.1. The number of fused-ring (bicyclic) bond motifs is 1. The molecule has 3 aromatic carbocycles. The first kappa shape index (κ1) is 22.6. The molecule has 1 aliphatic rings. The van der Waals surface area contributed by atoms with Crippen LogP contribution in [0.5, 0.6) is 11.5 Å². The first-order valence-corrected chi connectivity index (χ1v) is 11.8. The number of nitrogens with one attached hydrogen (secondary N) is 1. The van der Waals surface area contributed by atoms with Crippen LogP contribution in [0.3, 0.4) is 0 Å². The van der Waals surface area contributed by atoms with Gasteiger partial charge >= 0.3 is 0 Å². The van der Waals surface area contributed by atoms with Crippen molar-refractivity contribution < 1.29 is 27.1 Å². The number of carbonyl (C=O) groups excluding carboxylic acids is 1. The minimum Gasteiger partial charge on any atom is -0.490 e. The molecule has 0 aliphatic carbocycles. The van der Waals surface area contributed by atoms with Crippen LogP contribution in [0.2, 0.25) is 0 Å². The molecule has 9 heteroatoms. The van der Waals surface area contributed by atoms with Gasteiger partial charge in [-0.3, -0.25) is 9.52 Å². The molecule has 0 atom stereocenters. The Morgan fingerprint density at radius 1 is 0.970 bits per heavy atom. The van der Waals surface area contributed by atoms with Gasteiger partial charge in [-0.1, -0.05) is 12.1 Å². The summed E-state index contributed by atoms with van der Waals surface area (Å²) in [6.07, 6.45) is 0.721. The highest BCUT2D eigenvalue weighted by Gasteiger charge is 2.19. The fourth-order valence-electron chi connectivity index (χ4n) is 3.36. The lowest BCUT2D eigenvalue weighted by atomic mass is 10.1. The number of nitrogens with zero attached hydrogens (tertiary/aromatic N) is 1. The van der Waals surface area contributed by atoms with Crippen LogP contribution < -0.4 is 14.2 Å². The van der Waals surface area contributed by atoms with Crippen molar-refractivity contribution in [1.82, 2.24) is 4.90 Å². The van der Waals surface area contributed by atoms with Crippen molar-refractivity contribution in [2.45, 2.75) is 17.9 Å². The summed E-state index contributed by atoms with van der Waals surface area (Å²) in [5, 5.41) is 0. The predicted molar refractivity (Wildman–Crippen MR) is 121 cm³/mol. The number of sulfonamides is 1. The van der Waals surface area contributed by atoms with E-state index in [0.717, 1.165) is 12.0 Å². The van der Waals surface area contributed by atoms with Crippen molar-refractivity contribution in [1.29, 1.82) is 0 Å². The smallest absolute Gasteiger partial charge is 0.262 e. The third kappa shape index (κ3) is 5.43. The quantitative estimate of drug-likeness (QED) is 0.587. The van der Waals surface area contributed by atoms with Crippen LogP contribution in [0.4, 0.5) is 10.1 Å². The lowest BCUT2D eigenvalue weighted by molar-refractivity contribution is 0.0785. The fourth-order valence-corrected chi connectivity index (χ4v) is 4.44. The van der Waals surface area contributed by atoms with Gasteiger partial charge in [-0.05, 0) is 54.1 Å². The van der Waals surface area contributed by atoms with E-state index in [0.29, 0.717) is 42.5 Å². The van der Waals surface area contributed by atoms with E-state index in [1.165, 1.54) is 41.3 Å². The molecule has 1 amide bonds. The van der Waals surface area contributed by atoms with Crippen LogP contribution in [-0.4, -0.2) is 39.5 Å². The van der Waals surface area contributed by atoms with E-state index in [2.05, 4.69) is 4.72 Å². The summed E-state index contributed by atoms with van der Waals surface area (Å²) in [6, 6.07) is 16.6. The normalized spacial score (nSPS) is 13.2. The Hall–Kier alpha value is -3.59. The van der Waals surface area contributed by atoms with Crippen molar-refractivity contribution >= 4 is 21.6 Å². The average molecular weight is 471 g/mol. The predicted octanol–water partition coefficient (Wildman–Crippen LogP) is 4.06. The molecule has 4 rings (SSSR count). The molecule has 1 N–H and O–H groups in total. The van der Waals surface area contributed by atoms with E-state index in [-0.39, 0.29) is 16.6 Å². The van der Waals surface area contributed by atoms with E-state index in [1.54, 1.807) is 37.4 Å². The maximum Gasteiger partial charge on any atom is 0.262 e. The van der Waals surface area contributed by atoms with Crippen molar-refractivity contribution in [3.05, 3.63) is 83.7 Å². The Morgan fingerprint density at radius 2 is 1.64 bits per heavy atom. The Morgan fingerprint density at radius 3 is 2.33 bits per heavy atom. The van der Waals surface area contributed by atoms with Gasteiger partial charge in [0.25, 0.3) is 15.9 Å². The monoisotopic (exact) mass is 470 g/mol. The molecule has 1 heterocycles. The summed E-state index contributed by atoms with van der Waals surface area (Å²) < 4.78 is 52.3. The Kier molecular flexibility index (Phi) is 6.50. The van der Waals surface area contributed by atoms with Gasteiger partial charge in [0, 0.05) is 37.3 Å². The SMILES string of the molecule is CN(Cc1ccc(F)cc1)C(=O)c1ccc(NS(=O)(=O)c2ccc3c(c2)OCCCO3)cc1. The Labute approximate surface area is 191 Å². The molecule has 33 heavy (non-hydrogen) atoms. The fraction of sp³-hybridized carbons (Fsp3) is 0.208. The molecule has 0 radical (unpaired) electrons. The molecule has 0 saturated carbocycles. The topological polar surface area (TPSA) is 84.9 Å². The van der Waals surface area contributed by atoms with Gasteiger partial charge in [-0.15, -0.1) is 0 Å². The highest BCUT2D eigenvalue weighted by molar-refractivity contribution is 7.92. The molecule has 3 aromatic rings. The van der Waals surface area contributed by atoms with E-state index < -0.39 is 10.0 Å². The third-order valence-corrected chi connectivity index (χ3v) is 6.47. The zero-order chi connectivity index (χ0) is 23.4. The van der Waals surface area contributed by atoms with Crippen LogP contribution >= 0.6 is 0 Å². The minimum absolute atomic E-state index is 0.0472. The number of halogens is 1. The first-order valence-electron chi connectivity index (χ1n) is 10.3. The van der Waals surface area contributed by atoms with Gasteiger partial charge in [-0.2, -0.15) is 0 Å². The van der Waals surface area contributed by atoms with Crippen LogP contribution in [0, 0.1) is 5.82 Å². The third-order valence-electron chi connectivity index (χ3n) is 5.09. The van der Waals surface area contributed by atoms with Gasteiger partial charge < -0.3 is 14.4 Å². The number of amides is 1. The van der Waals surface area contributed by atoms with Gasteiger partial charge in [0.2, 0.25) is 0 Å². The zero-order valence-electron chi connectivity index (χ0n) is 18.0. The summed E-state index contributed by atoms with van der Waals surface area (Å²) in [7, 11) is -2.22. The van der Waals surface area contributed by atoms with Crippen LogP contribution in [0.15, 0.2) is 71.6 Å². The molecule has 0 saturated heterocycles.